The molecule has 2 fully saturated rings. The molecule has 2 aliphatic rings. The number of carbonyl (C=O) groups is 4. The van der Waals surface area contributed by atoms with Crippen molar-refractivity contribution in [2.45, 2.75) is 45.1 Å². The number of nitrogens with zero attached hydrogens (tertiary/aromatic N) is 3. The van der Waals surface area contributed by atoms with Crippen LogP contribution in [0.5, 0.6) is 0 Å². The normalized spacial score (nSPS) is 22.1. The lowest BCUT2D eigenvalue weighted by molar-refractivity contribution is -0.148. The number of nitrogens with one attached hydrogen (secondary N) is 1. The first kappa shape index (κ1) is 24.1. The second-order valence-corrected chi connectivity index (χ2v) is 10.0. The Balaban J connectivity index is 1.55. The Morgan fingerprint density at radius 3 is 2.62 bits per heavy atom. The number of aromatic nitrogens is 1. The average molecular weight is 483 g/mol. The molecule has 0 spiro atoms. The highest BCUT2D eigenvalue weighted by molar-refractivity contribution is 7.09. The second-order valence-electron chi connectivity index (χ2n) is 9.01. The van der Waals surface area contributed by atoms with E-state index in [9.17, 15) is 19.2 Å². The van der Waals surface area contributed by atoms with E-state index in [1.54, 1.807) is 41.6 Å². The molecule has 0 aromatic carbocycles. The van der Waals surface area contributed by atoms with Gasteiger partial charge in [-0.2, -0.15) is 0 Å². The predicted molar refractivity (Wildman–Crippen MR) is 128 cm³/mol. The summed E-state index contributed by atoms with van der Waals surface area (Å²) in [5, 5.41) is 4.98. The van der Waals surface area contributed by atoms with Crippen molar-refractivity contribution < 1.29 is 19.2 Å². The van der Waals surface area contributed by atoms with E-state index >= 15 is 0 Å². The Morgan fingerprint density at radius 2 is 2.00 bits per heavy atom. The summed E-state index contributed by atoms with van der Waals surface area (Å²) in [5.41, 5.74) is -0.580. The summed E-state index contributed by atoms with van der Waals surface area (Å²) in [5.74, 6) is -1.62. The maximum absolute atomic E-state index is 13.8. The summed E-state index contributed by atoms with van der Waals surface area (Å²) in [4.78, 5) is 60.1. The second kappa shape index (κ2) is 10.0. The van der Waals surface area contributed by atoms with Gasteiger partial charge in [-0.15, -0.1) is 11.3 Å². The summed E-state index contributed by atoms with van der Waals surface area (Å²) in [6, 6.07) is 7.11. The van der Waals surface area contributed by atoms with Gasteiger partial charge in [0.25, 0.3) is 11.8 Å². The molecule has 2 aromatic heterocycles. The van der Waals surface area contributed by atoms with Crippen molar-refractivity contribution in [3.63, 3.8) is 0 Å². The number of rotatable bonds is 8. The first-order valence-corrected chi connectivity index (χ1v) is 12.7. The third-order valence-electron chi connectivity index (χ3n) is 7.08. The van der Waals surface area contributed by atoms with Gasteiger partial charge in [0, 0.05) is 48.4 Å². The number of hydrogen-bond donors (Lipinski definition) is 1. The van der Waals surface area contributed by atoms with E-state index in [2.05, 4.69) is 10.3 Å². The maximum Gasteiger partial charge on any atom is 0.325 e. The molecule has 0 aliphatic carbocycles. The van der Waals surface area contributed by atoms with Crippen LogP contribution in [0.1, 0.15) is 43.6 Å². The number of Topliss-reactive ketones (excluding diaryl/α,β-unsaturated/α-hetero) is 1. The van der Waals surface area contributed by atoms with Crippen molar-refractivity contribution in [2.75, 3.05) is 19.6 Å². The van der Waals surface area contributed by atoms with Gasteiger partial charge in [-0.3, -0.25) is 24.3 Å². The lowest BCUT2D eigenvalue weighted by atomic mass is 9.73. The van der Waals surface area contributed by atoms with Crippen molar-refractivity contribution in [3.05, 3.63) is 52.5 Å². The largest absolute Gasteiger partial charge is 0.336 e. The third kappa shape index (κ3) is 4.36. The minimum atomic E-state index is -1.23. The molecule has 4 rings (SSSR count). The van der Waals surface area contributed by atoms with E-state index < -0.39 is 17.5 Å². The van der Waals surface area contributed by atoms with Crippen molar-refractivity contribution in [1.82, 2.24) is 20.1 Å². The fraction of sp³-hybridized carbons (Fsp3) is 0.480. The average Bonchev–Trinajstić information content (AvgIpc) is 3.48. The van der Waals surface area contributed by atoms with Crippen LogP contribution < -0.4 is 5.32 Å². The topological polar surface area (TPSA) is 99.7 Å². The molecule has 2 saturated heterocycles. The Bertz CT molecular complexity index is 1050. The number of piperidine rings is 1. The van der Waals surface area contributed by atoms with Gasteiger partial charge in [-0.1, -0.05) is 26.0 Å². The molecule has 8 nitrogen and oxygen atoms in total. The van der Waals surface area contributed by atoms with Gasteiger partial charge in [-0.05, 0) is 49.1 Å². The SMILES string of the molecule is CC[C@@H](C)C(=O)C(=O)N1CCC([C@@]2(c3cccnc3)NC(=O)N(CCc3cccs3)C2=O)CC1. The van der Waals surface area contributed by atoms with Crippen LogP contribution in [0.25, 0.3) is 0 Å². The van der Waals surface area contributed by atoms with Crippen LogP contribution in [0.15, 0.2) is 42.0 Å². The summed E-state index contributed by atoms with van der Waals surface area (Å²) < 4.78 is 0. The van der Waals surface area contributed by atoms with Gasteiger partial charge in [0.1, 0.15) is 0 Å². The molecule has 0 bridgehead atoms. The molecule has 4 heterocycles. The summed E-state index contributed by atoms with van der Waals surface area (Å²) in [6.07, 6.45) is 5.48. The molecular formula is C25H30N4O4S. The molecule has 9 heteroatoms. The van der Waals surface area contributed by atoms with Crippen molar-refractivity contribution >= 4 is 35.0 Å². The van der Waals surface area contributed by atoms with Crippen LogP contribution in [-0.2, 0) is 26.3 Å². The number of urea groups is 1. The van der Waals surface area contributed by atoms with Crippen LogP contribution in [-0.4, -0.2) is 58.0 Å². The minimum Gasteiger partial charge on any atom is -0.336 e. The number of likely N-dealkylation sites (tertiary alicyclic amines) is 1. The lowest BCUT2D eigenvalue weighted by Crippen LogP contribution is -2.55. The van der Waals surface area contributed by atoms with Crippen LogP contribution >= 0.6 is 11.3 Å². The number of carbonyl (C=O) groups excluding carboxylic acids is 4. The van der Waals surface area contributed by atoms with E-state index in [1.165, 1.54) is 4.90 Å². The molecule has 0 unspecified atom stereocenters. The minimum absolute atomic E-state index is 0.220. The van der Waals surface area contributed by atoms with Crippen LogP contribution in [0.2, 0.25) is 0 Å². The number of amides is 4. The molecule has 0 radical (unpaired) electrons. The first-order valence-electron chi connectivity index (χ1n) is 11.8. The van der Waals surface area contributed by atoms with Crippen molar-refractivity contribution in [2.24, 2.45) is 11.8 Å². The van der Waals surface area contributed by atoms with Gasteiger partial charge >= 0.3 is 6.03 Å². The highest BCUT2D eigenvalue weighted by atomic mass is 32.1. The maximum atomic E-state index is 13.8. The Morgan fingerprint density at radius 1 is 1.24 bits per heavy atom. The molecule has 1 N–H and O–H groups in total. The van der Waals surface area contributed by atoms with E-state index in [4.69, 9.17) is 0 Å². The summed E-state index contributed by atoms with van der Waals surface area (Å²) >= 11 is 1.60. The monoisotopic (exact) mass is 482 g/mol. The summed E-state index contributed by atoms with van der Waals surface area (Å²) in [7, 11) is 0. The molecular weight excluding hydrogens is 452 g/mol. The van der Waals surface area contributed by atoms with Crippen LogP contribution in [0, 0.1) is 11.8 Å². The molecule has 2 atom stereocenters. The Labute approximate surface area is 203 Å². The van der Waals surface area contributed by atoms with Crippen molar-refractivity contribution in [3.8, 4) is 0 Å². The van der Waals surface area contributed by atoms with Gasteiger partial charge in [0.05, 0.1) is 0 Å². The highest BCUT2D eigenvalue weighted by Gasteiger charge is 2.57. The highest BCUT2D eigenvalue weighted by Crippen LogP contribution is 2.41. The van der Waals surface area contributed by atoms with E-state index in [1.807, 2.05) is 30.5 Å². The number of pyridine rings is 1. The fourth-order valence-electron chi connectivity index (χ4n) is 4.85. The van der Waals surface area contributed by atoms with Gasteiger partial charge in [0.15, 0.2) is 5.54 Å². The van der Waals surface area contributed by atoms with Gasteiger partial charge in [-0.25, -0.2) is 4.79 Å². The molecule has 4 amide bonds. The molecule has 180 valence electrons. The molecule has 2 aromatic rings. The number of imide groups is 1. The summed E-state index contributed by atoms with van der Waals surface area (Å²) in [6.45, 7) is 4.69. The predicted octanol–water partition coefficient (Wildman–Crippen LogP) is 2.99. The zero-order valence-corrected chi connectivity index (χ0v) is 20.3. The quantitative estimate of drug-likeness (QED) is 0.461. The first-order chi connectivity index (χ1) is 16.4. The smallest absolute Gasteiger partial charge is 0.325 e. The molecule has 0 saturated carbocycles. The van der Waals surface area contributed by atoms with Crippen molar-refractivity contribution in [1.29, 1.82) is 0 Å². The fourth-order valence-corrected chi connectivity index (χ4v) is 5.54. The number of ketones is 1. The number of thiophene rings is 1. The van der Waals surface area contributed by atoms with E-state index in [0.29, 0.717) is 50.9 Å². The van der Waals surface area contributed by atoms with Gasteiger partial charge in [0.2, 0.25) is 5.78 Å². The molecule has 2 aliphatic heterocycles. The standard InChI is InChI=1S/C25H30N4O4S/c1-3-17(2)21(30)22(31)28-12-8-18(9-13-28)25(19-6-4-11-26-16-19)23(32)29(24(33)27-25)14-10-20-7-5-15-34-20/h4-7,11,15-18H,3,8-10,12-14H2,1-2H3,(H,27,33)/t17-,25+/m1/s1. The number of hydrogen-bond acceptors (Lipinski definition) is 6. The third-order valence-corrected chi connectivity index (χ3v) is 8.01. The Kier molecular flexibility index (Phi) is 7.11. The molecule has 34 heavy (non-hydrogen) atoms. The Hall–Kier alpha value is -3.07. The van der Waals surface area contributed by atoms with Crippen LogP contribution in [0.3, 0.4) is 0 Å². The van der Waals surface area contributed by atoms with Crippen LogP contribution in [0.4, 0.5) is 4.79 Å². The van der Waals surface area contributed by atoms with E-state index in [0.717, 1.165) is 4.88 Å². The lowest BCUT2D eigenvalue weighted by Gasteiger charge is -2.41. The zero-order valence-electron chi connectivity index (χ0n) is 19.5. The van der Waals surface area contributed by atoms with E-state index in [-0.39, 0.29) is 23.5 Å². The van der Waals surface area contributed by atoms with Gasteiger partial charge < -0.3 is 10.2 Å². The zero-order chi connectivity index (χ0) is 24.3.